The second-order valence-electron chi connectivity index (χ2n) is 5.60. The minimum Gasteiger partial charge on any atom is -0.477 e. The van der Waals surface area contributed by atoms with Gasteiger partial charge in [0.05, 0.1) is 0 Å². The van der Waals surface area contributed by atoms with Gasteiger partial charge in [-0.05, 0) is 38.4 Å². The highest BCUT2D eigenvalue weighted by molar-refractivity contribution is 7.89. The molecule has 2 saturated heterocycles. The van der Waals surface area contributed by atoms with Gasteiger partial charge in [0.2, 0.25) is 10.0 Å². The Morgan fingerprint density at radius 3 is 2.76 bits per heavy atom. The van der Waals surface area contributed by atoms with Crippen LogP contribution in [-0.2, 0) is 10.0 Å². The quantitative estimate of drug-likeness (QED) is 0.851. The summed E-state index contributed by atoms with van der Waals surface area (Å²) in [4.78, 5) is 15.8. The lowest BCUT2D eigenvalue weighted by Crippen LogP contribution is -2.39. The molecule has 0 radical (unpaired) electrons. The highest BCUT2D eigenvalue weighted by atomic mass is 32.2. The number of carbonyl (C=O) groups is 1. The summed E-state index contributed by atoms with van der Waals surface area (Å²) in [6, 6.07) is 1.48. The number of aromatic nitrogens is 1. The molecule has 3 heterocycles. The van der Waals surface area contributed by atoms with Crippen LogP contribution in [0.3, 0.4) is 0 Å². The van der Waals surface area contributed by atoms with Gasteiger partial charge in [-0.15, -0.1) is 0 Å². The van der Waals surface area contributed by atoms with Crippen molar-refractivity contribution in [1.29, 1.82) is 0 Å². The molecule has 0 aromatic carbocycles. The summed E-state index contributed by atoms with van der Waals surface area (Å²) in [5, 5.41) is 8.90. The van der Waals surface area contributed by atoms with Crippen molar-refractivity contribution in [3.63, 3.8) is 0 Å². The van der Waals surface area contributed by atoms with Crippen LogP contribution in [0.1, 0.15) is 29.8 Å². The molecule has 2 aliphatic rings. The van der Waals surface area contributed by atoms with Crippen LogP contribution in [-0.4, -0.2) is 65.9 Å². The number of rotatable bonds is 3. The van der Waals surface area contributed by atoms with Gasteiger partial charge < -0.3 is 10.1 Å². The zero-order valence-corrected chi connectivity index (χ0v) is 12.5. The van der Waals surface area contributed by atoms with E-state index in [-0.39, 0.29) is 10.6 Å². The van der Waals surface area contributed by atoms with Crippen LogP contribution in [0.15, 0.2) is 17.2 Å². The first kappa shape index (κ1) is 14.6. The Balaban J connectivity index is 1.84. The van der Waals surface area contributed by atoms with Crippen LogP contribution < -0.4 is 0 Å². The van der Waals surface area contributed by atoms with E-state index in [1.807, 2.05) is 0 Å². The Kier molecular flexibility index (Phi) is 3.76. The van der Waals surface area contributed by atoms with Gasteiger partial charge in [-0.25, -0.2) is 13.2 Å². The van der Waals surface area contributed by atoms with E-state index in [1.165, 1.54) is 16.6 Å². The SMILES string of the molecule is O=C(O)c1cc(S(=O)(=O)N2CCCN3CCCC3C2)c[nH]1. The fourth-order valence-electron chi connectivity index (χ4n) is 3.19. The van der Waals surface area contributed by atoms with Crippen molar-refractivity contribution in [3.05, 3.63) is 18.0 Å². The lowest BCUT2D eigenvalue weighted by atomic mass is 10.2. The maximum atomic E-state index is 12.7. The predicted octanol–water partition coefficient (Wildman–Crippen LogP) is 0.572. The van der Waals surface area contributed by atoms with Gasteiger partial charge in [0.15, 0.2) is 0 Å². The predicted molar refractivity (Wildman–Crippen MR) is 75.7 cm³/mol. The summed E-state index contributed by atoms with van der Waals surface area (Å²) in [6.07, 6.45) is 4.22. The molecule has 0 saturated carbocycles. The lowest BCUT2D eigenvalue weighted by molar-refractivity contribution is 0.0691. The summed E-state index contributed by atoms with van der Waals surface area (Å²) < 4.78 is 26.8. The van der Waals surface area contributed by atoms with Gasteiger partial charge in [-0.2, -0.15) is 4.31 Å². The number of H-pyrrole nitrogens is 1. The molecule has 7 nitrogen and oxygen atoms in total. The summed E-state index contributed by atoms with van der Waals surface area (Å²) in [6.45, 7) is 2.97. The second-order valence-corrected chi connectivity index (χ2v) is 7.54. The number of hydrogen-bond acceptors (Lipinski definition) is 4. The molecule has 1 aromatic heterocycles. The first-order valence-electron chi connectivity index (χ1n) is 7.14. The molecule has 3 rings (SSSR count). The molecular weight excluding hydrogens is 294 g/mol. The van der Waals surface area contributed by atoms with Crippen molar-refractivity contribution in [3.8, 4) is 0 Å². The molecule has 8 heteroatoms. The van der Waals surface area contributed by atoms with Crippen molar-refractivity contribution in [1.82, 2.24) is 14.2 Å². The second kappa shape index (κ2) is 5.43. The smallest absolute Gasteiger partial charge is 0.352 e. The van der Waals surface area contributed by atoms with E-state index in [9.17, 15) is 13.2 Å². The van der Waals surface area contributed by atoms with Gasteiger partial charge in [0, 0.05) is 25.3 Å². The molecule has 2 aliphatic heterocycles. The number of nitrogens with one attached hydrogen (secondary N) is 1. The number of carboxylic acid groups (broad SMARTS) is 1. The van der Waals surface area contributed by atoms with Crippen LogP contribution >= 0.6 is 0 Å². The summed E-state index contributed by atoms with van der Waals surface area (Å²) in [5.41, 5.74) is -0.106. The van der Waals surface area contributed by atoms with E-state index in [0.717, 1.165) is 32.4 Å². The van der Waals surface area contributed by atoms with Crippen molar-refractivity contribution < 1.29 is 18.3 Å². The molecule has 0 amide bonds. The maximum absolute atomic E-state index is 12.7. The number of aromatic carboxylic acids is 1. The zero-order valence-electron chi connectivity index (χ0n) is 11.7. The molecule has 116 valence electrons. The fraction of sp³-hybridized carbons (Fsp3) is 0.615. The van der Waals surface area contributed by atoms with E-state index in [0.29, 0.717) is 19.1 Å². The topological polar surface area (TPSA) is 93.7 Å². The van der Waals surface area contributed by atoms with Gasteiger partial charge in [-0.3, -0.25) is 4.90 Å². The average Bonchev–Trinajstić information content (AvgIpc) is 3.04. The Labute approximate surface area is 123 Å². The number of nitrogens with zero attached hydrogens (tertiary/aromatic N) is 2. The van der Waals surface area contributed by atoms with Crippen molar-refractivity contribution in [2.45, 2.75) is 30.2 Å². The zero-order chi connectivity index (χ0) is 15.0. The largest absolute Gasteiger partial charge is 0.477 e. The Morgan fingerprint density at radius 1 is 1.29 bits per heavy atom. The third-order valence-electron chi connectivity index (χ3n) is 4.29. The molecule has 21 heavy (non-hydrogen) atoms. The summed E-state index contributed by atoms with van der Waals surface area (Å²) in [5.74, 6) is -1.16. The van der Waals surface area contributed by atoms with Gasteiger partial charge in [0.1, 0.15) is 10.6 Å². The normalized spacial score (nSPS) is 24.7. The molecule has 2 fully saturated rings. The summed E-state index contributed by atoms with van der Waals surface area (Å²) >= 11 is 0. The first-order valence-corrected chi connectivity index (χ1v) is 8.58. The van der Waals surface area contributed by atoms with E-state index in [2.05, 4.69) is 9.88 Å². The molecule has 1 atom stereocenters. The number of sulfonamides is 1. The lowest BCUT2D eigenvalue weighted by Gasteiger charge is -2.24. The van der Waals surface area contributed by atoms with Crippen LogP contribution in [0.4, 0.5) is 0 Å². The Morgan fingerprint density at radius 2 is 2.05 bits per heavy atom. The molecule has 0 bridgehead atoms. The number of carboxylic acids is 1. The van der Waals surface area contributed by atoms with Crippen LogP contribution in [0, 0.1) is 0 Å². The van der Waals surface area contributed by atoms with E-state index >= 15 is 0 Å². The summed E-state index contributed by atoms with van der Waals surface area (Å²) in [7, 11) is -3.62. The van der Waals surface area contributed by atoms with E-state index in [1.54, 1.807) is 0 Å². The van der Waals surface area contributed by atoms with Crippen LogP contribution in [0.25, 0.3) is 0 Å². The molecular formula is C13H19N3O4S. The third kappa shape index (κ3) is 2.70. The fourth-order valence-corrected chi connectivity index (χ4v) is 4.70. The monoisotopic (exact) mass is 313 g/mol. The highest BCUT2D eigenvalue weighted by Gasteiger charge is 2.34. The number of fused-ring (bicyclic) bond motifs is 1. The Bertz CT molecular complexity index is 640. The first-order chi connectivity index (χ1) is 9.98. The highest BCUT2D eigenvalue weighted by Crippen LogP contribution is 2.25. The average molecular weight is 313 g/mol. The Hall–Kier alpha value is -1.38. The number of aromatic amines is 1. The molecule has 1 aromatic rings. The third-order valence-corrected chi connectivity index (χ3v) is 6.13. The maximum Gasteiger partial charge on any atom is 0.352 e. The molecule has 0 aliphatic carbocycles. The van der Waals surface area contributed by atoms with Crippen molar-refractivity contribution >= 4 is 16.0 Å². The molecule has 2 N–H and O–H groups in total. The van der Waals surface area contributed by atoms with Gasteiger partial charge in [0.25, 0.3) is 0 Å². The standard InChI is InChI=1S/C13H19N3O4S/c17-13(18)12-7-11(8-14-12)21(19,20)16-6-2-5-15-4-1-3-10(15)9-16/h7-8,10,14H,1-6,9H2,(H,17,18). The van der Waals surface area contributed by atoms with Crippen molar-refractivity contribution in [2.75, 3.05) is 26.2 Å². The minimum atomic E-state index is -3.62. The van der Waals surface area contributed by atoms with Crippen LogP contribution in [0.2, 0.25) is 0 Å². The number of hydrogen-bond donors (Lipinski definition) is 2. The van der Waals surface area contributed by atoms with Gasteiger partial charge >= 0.3 is 5.97 Å². The minimum absolute atomic E-state index is 0.0337. The van der Waals surface area contributed by atoms with Crippen molar-refractivity contribution in [2.24, 2.45) is 0 Å². The van der Waals surface area contributed by atoms with Crippen LogP contribution in [0.5, 0.6) is 0 Å². The van der Waals surface area contributed by atoms with E-state index < -0.39 is 16.0 Å². The molecule has 1 unspecified atom stereocenters. The van der Waals surface area contributed by atoms with Gasteiger partial charge in [-0.1, -0.05) is 0 Å². The van der Waals surface area contributed by atoms with E-state index in [4.69, 9.17) is 5.11 Å². The molecule has 0 spiro atoms.